The Morgan fingerprint density at radius 3 is 2.32 bits per heavy atom. The second-order valence-corrected chi connectivity index (χ2v) is 3.69. The number of benzene rings is 1. The van der Waals surface area contributed by atoms with Gasteiger partial charge in [-0.3, -0.25) is 0 Å². The van der Waals surface area contributed by atoms with Crippen LogP contribution in [0.3, 0.4) is 0 Å². The highest BCUT2D eigenvalue weighted by molar-refractivity contribution is 5.62. The molecule has 2 rings (SSSR count). The van der Waals surface area contributed by atoms with Gasteiger partial charge in [0.05, 0.1) is 0 Å². The molecule has 19 heavy (non-hydrogen) atoms. The van der Waals surface area contributed by atoms with Gasteiger partial charge in [-0.05, 0) is 24.3 Å². The van der Waals surface area contributed by atoms with Gasteiger partial charge in [-0.25, -0.2) is 0 Å². The van der Waals surface area contributed by atoms with Crippen LogP contribution < -0.4 is 9.47 Å². The van der Waals surface area contributed by atoms with Gasteiger partial charge in [0.1, 0.15) is 11.5 Å². The van der Waals surface area contributed by atoms with Gasteiger partial charge in [-0.2, -0.15) is 13.2 Å². The third kappa shape index (κ3) is 3.33. The lowest BCUT2D eigenvalue weighted by Crippen LogP contribution is -2.33. The van der Waals surface area contributed by atoms with Crippen molar-refractivity contribution in [3.8, 4) is 11.5 Å². The molecule has 104 valence electrons. The van der Waals surface area contributed by atoms with E-state index in [1.54, 1.807) is 0 Å². The van der Waals surface area contributed by atoms with Gasteiger partial charge in [0.25, 0.3) is 0 Å². The number of halogens is 6. The van der Waals surface area contributed by atoms with Crippen molar-refractivity contribution in [2.24, 2.45) is 0 Å². The van der Waals surface area contributed by atoms with Crippen LogP contribution in [0.4, 0.5) is 26.3 Å². The fourth-order valence-electron chi connectivity index (χ4n) is 1.50. The Hall–Kier alpha value is -1.86. The monoisotopic (exact) mass is 284 g/mol. The summed E-state index contributed by atoms with van der Waals surface area (Å²) in [6, 6.07) is 2.84. The summed E-state index contributed by atoms with van der Waals surface area (Å²) in [5, 5.41) is 0. The maximum Gasteiger partial charge on any atom is 0.573 e. The average molecular weight is 284 g/mol. The summed E-state index contributed by atoms with van der Waals surface area (Å²) in [6.45, 7) is 0. The van der Waals surface area contributed by atoms with E-state index in [4.69, 9.17) is 0 Å². The summed E-state index contributed by atoms with van der Waals surface area (Å²) in [7, 11) is 0. The Balaban J connectivity index is 2.22. The molecule has 8 heteroatoms. The number of hydrogen-bond acceptors (Lipinski definition) is 2. The zero-order valence-corrected chi connectivity index (χ0v) is 9.05. The van der Waals surface area contributed by atoms with Crippen molar-refractivity contribution in [2.75, 3.05) is 0 Å². The predicted molar refractivity (Wildman–Crippen MR) is 52.6 cm³/mol. The zero-order valence-electron chi connectivity index (χ0n) is 9.05. The summed E-state index contributed by atoms with van der Waals surface area (Å²) in [6.07, 6.45) is -9.77. The van der Waals surface area contributed by atoms with E-state index in [-0.39, 0.29) is 11.3 Å². The van der Waals surface area contributed by atoms with E-state index in [1.807, 2.05) is 0 Å². The first-order valence-corrected chi connectivity index (χ1v) is 4.96. The van der Waals surface area contributed by atoms with Crippen molar-refractivity contribution < 1.29 is 35.8 Å². The average Bonchev–Trinajstić information content (AvgIpc) is 2.24. The Labute approximate surface area is 103 Å². The Kier molecular flexibility index (Phi) is 3.11. The maximum absolute atomic E-state index is 12.4. The minimum Gasteiger partial charge on any atom is -0.476 e. The highest BCUT2D eigenvalue weighted by atomic mass is 19.4. The largest absolute Gasteiger partial charge is 0.573 e. The van der Waals surface area contributed by atoms with E-state index in [1.165, 1.54) is 0 Å². The van der Waals surface area contributed by atoms with Crippen molar-refractivity contribution >= 4 is 6.08 Å². The molecule has 1 heterocycles. The van der Waals surface area contributed by atoms with E-state index in [0.717, 1.165) is 30.4 Å². The molecule has 0 fully saturated rings. The number of fused-ring (bicyclic) bond motifs is 1. The van der Waals surface area contributed by atoms with Crippen molar-refractivity contribution in [1.29, 1.82) is 0 Å². The first-order valence-electron chi connectivity index (χ1n) is 4.96. The Morgan fingerprint density at radius 2 is 1.74 bits per heavy atom. The molecule has 1 atom stereocenters. The normalized spacial score (nSPS) is 18.7. The van der Waals surface area contributed by atoms with Gasteiger partial charge in [0.2, 0.25) is 6.10 Å². The van der Waals surface area contributed by atoms with Crippen LogP contribution in [-0.4, -0.2) is 18.6 Å². The minimum atomic E-state index is -4.86. The number of alkyl halides is 6. The lowest BCUT2D eigenvalue weighted by Gasteiger charge is -2.23. The second kappa shape index (κ2) is 4.36. The summed E-state index contributed by atoms with van der Waals surface area (Å²) >= 11 is 0. The molecule has 0 aromatic heterocycles. The second-order valence-electron chi connectivity index (χ2n) is 3.69. The minimum absolute atomic E-state index is 0.0854. The SMILES string of the molecule is FC(F)(F)Oc1ccc2c(c1)C=C[C@H](C(F)(F)F)O2. The molecule has 0 unspecified atom stereocenters. The van der Waals surface area contributed by atoms with Crippen LogP contribution in [0.5, 0.6) is 11.5 Å². The number of rotatable bonds is 1. The van der Waals surface area contributed by atoms with Crippen LogP contribution in [-0.2, 0) is 0 Å². The van der Waals surface area contributed by atoms with Gasteiger partial charge >= 0.3 is 12.5 Å². The molecule has 2 nitrogen and oxygen atoms in total. The zero-order chi connectivity index (χ0) is 14.3. The fourth-order valence-corrected chi connectivity index (χ4v) is 1.50. The van der Waals surface area contributed by atoms with Gasteiger partial charge in [-0.15, -0.1) is 13.2 Å². The molecule has 1 aromatic carbocycles. The maximum atomic E-state index is 12.4. The van der Waals surface area contributed by atoms with E-state index >= 15 is 0 Å². The summed E-state index contributed by atoms with van der Waals surface area (Å²) in [5.74, 6) is -0.677. The van der Waals surface area contributed by atoms with Crippen LogP contribution in [0.2, 0.25) is 0 Å². The molecular weight excluding hydrogens is 278 g/mol. The fraction of sp³-hybridized carbons (Fsp3) is 0.273. The number of hydrogen-bond donors (Lipinski definition) is 0. The molecule has 1 aromatic rings. The van der Waals surface area contributed by atoms with E-state index in [0.29, 0.717) is 0 Å². The smallest absolute Gasteiger partial charge is 0.476 e. The first-order chi connectivity index (χ1) is 8.65. The summed E-state index contributed by atoms with van der Waals surface area (Å²) in [5.41, 5.74) is 0.0854. The highest BCUT2D eigenvalue weighted by Gasteiger charge is 2.41. The van der Waals surface area contributed by atoms with Gasteiger partial charge in [0.15, 0.2) is 0 Å². The topological polar surface area (TPSA) is 18.5 Å². The van der Waals surface area contributed by atoms with Crippen LogP contribution >= 0.6 is 0 Å². The molecule has 1 aliphatic heterocycles. The number of ether oxygens (including phenoxy) is 2. The molecule has 0 radical (unpaired) electrons. The predicted octanol–water partition coefficient (Wildman–Crippen LogP) is 3.92. The van der Waals surface area contributed by atoms with Crippen LogP contribution in [0, 0.1) is 0 Å². The Morgan fingerprint density at radius 1 is 1.05 bits per heavy atom. The van der Waals surface area contributed by atoms with Crippen LogP contribution in [0.15, 0.2) is 24.3 Å². The van der Waals surface area contributed by atoms with Crippen LogP contribution in [0.25, 0.3) is 6.08 Å². The Bertz CT molecular complexity index is 503. The van der Waals surface area contributed by atoms with Gasteiger partial charge in [0, 0.05) is 5.56 Å². The molecular formula is C11H6F6O2. The molecule has 0 bridgehead atoms. The molecule has 0 saturated heterocycles. The van der Waals surface area contributed by atoms with Crippen molar-refractivity contribution in [3.05, 3.63) is 29.8 Å². The molecule has 0 aliphatic carbocycles. The molecule has 0 N–H and O–H groups in total. The molecule has 0 saturated carbocycles. The summed E-state index contributed by atoms with van der Waals surface area (Å²) in [4.78, 5) is 0. The first kappa shape index (κ1) is 13.6. The molecule has 0 spiro atoms. The van der Waals surface area contributed by atoms with E-state index in [9.17, 15) is 26.3 Å². The lowest BCUT2D eigenvalue weighted by molar-refractivity contribution is -0.274. The third-order valence-corrected chi connectivity index (χ3v) is 2.24. The molecule has 1 aliphatic rings. The highest BCUT2D eigenvalue weighted by Crippen LogP contribution is 2.35. The van der Waals surface area contributed by atoms with Crippen molar-refractivity contribution in [2.45, 2.75) is 18.6 Å². The quantitative estimate of drug-likeness (QED) is 0.728. The van der Waals surface area contributed by atoms with Crippen molar-refractivity contribution in [1.82, 2.24) is 0 Å². The third-order valence-electron chi connectivity index (χ3n) is 2.24. The summed E-state index contributed by atoms with van der Waals surface area (Å²) < 4.78 is 81.4. The van der Waals surface area contributed by atoms with E-state index in [2.05, 4.69) is 9.47 Å². The van der Waals surface area contributed by atoms with Gasteiger partial charge in [-0.1, -0.05) is 6.08 Å². The standard InChI is InChI=1S/C11H6F6O2/c12-10(13,14)9-4-1-6-5-7(19-11(15,16)17)2-3-8(6)18-9/h1-5,9H/t9-/m1/s1. The lowest BCUT2D eigenvalue weighted by atomic mass is 10.1. The van der Waals surface area contributed by atoms with E-state index < -0.39 is 24.4 Å². The van der Waals surface area contributed by atoms with Crippen molar-refractivity contribution in [3.63, 3.8) is 0 Å². The van der Waals surface area contributed by atoms with Crippen LogP contribution in [0.1, 0.15) is 5.56 Å². The molecule has 0 amide bonds. The van der Waals surface area contributed by atoms with Gasteiger partial charge < -0.3 is 9.47 Å².